The van der Waals surface area contributed by atoms with E-state index < -0.39 is 0 Å². The molecule has 0 aromatic heterocycles. The molecule has 2 nitrogen and oxygen atoms in total. The first-order chi connectivity index (χ1) is 8.38. The van der Waals surface area contributed by atoms with Crippen LogP contribution in [-0.2, 0) is 6.42 Å². The minimum absolute atomic E-state index is 0.213. The molecule has 0 spiro atoms. The molecule has 1 fully saturated rings. The smallest absolute Gasteiger partial charge is 0.150 e. The number of hydrogen-bond donors (Lipinski definition) is 1. The van der Waals surface area contributed by atoms with Crippen molar-refractivity contribution in [3.8, 4) is 5.75 Å². The largest absolute Gasteiger partial charge is 0.475 e. The monoisotopic (exact) mass is 233 g/mol. The molecule has 1 saturated heterocycles. The highest BCUT2D eigenvalue weighted by atomic mass is 16.5. The maximum atomic E-state index is 5.90. The van der Waals surface area contributed by atoms with Gasteiger partial charge in [-0.1, -0.05) is 25.5 Å². The molecule has 94 valence electrons. The highest BCUT2D eigenvalue weighted by Crippen LogP contribution is 2.17. The minimum atomic E-state index is 0.213. The Morgan fingerprint density at radius 3 is 2.71 bits per heavy atom. The number of rotatable bonds is 5. The zero-order chi connectivity index (χ0) is 11.9. The van der Waals surface area contributed by atoms with Crippen molar-refractivity contribution in [1.82, 2.24) is 5.32 Å². The second-order valence-electron chi connectivity index (χ2n) is 4.80. The van der Waals surface area contributed by atoms with Gasteiger partial charge < -0.3 is 4.74 Å². The molecule has 0 radical (unpaired) electrons. The van der Waals surface area contributed by atoms with E-state index in [-0.39, 0.29) is 6.23 Å². The van der Waals surface area contributed by atoms with Crippen molar-refractivity contribution >= 4 is 0 Å². The van der Waals surface area contributed by atoms with Crippen molar-refractivity contribution in [3.63, 3.8) is 0 Å². The van der Waals surface area contributed by atoms with Crippen LogP contribution < -0.4 is 10.1 Å². The van der Waals surface area contributed by atoms with Gasteiger partial charge in [0.25, 0.3) is 0 Å². The van der Waals surface area contributed by atoms with E-state index in [4.69, 9.17) is 4.74 Å². The van der Waals surface area contributed by atoms with E-state index in [1.807, 2.05) is 0 Å². The quantitative estimate of drug-likeness (QED) is 0.840. The Morgan fingerprint density at radius 2 is 2.06 bits per heavy atom. The van der Waals surface area contributed by atoms with Gasteiger partial charge in [-0.2, -0.15) is 0 Å². The van der Waals surface area contributed by atoms with Crippen LogP contribution in [0.15, 0.2) is 24.3 Å². The molecule has 17 heavy (non-hydrogen) atoms. The van der Waals surface area contributed by atoms with E-state index in [2.05, 4.69) is 36.5 Å². The maximum Gasteiger partial charge on any atom is 0.150 e. The van der Waals surface area contributed by atoms with Crippen molar-refractivity contribution in [3.05, 3.63) is 29.8 Å². The van der Waals surface area contributed by atoms with Crippen LogP contribution in [0.25, 0.3) is 0 Å². The first kappa shape index (κ1) is 12.4. The van der Waals surface area contributed by atoms with Crippen LogP contribution in [0.3, 0.4) is 0 Å². The topological polar surface area (TPSA) is 21.3 Å². The molecule has 1 aliphatic heterocycles. The van der Waals surface area contributed by atoms with Gasteiger partial charge in [0.15, 0.2) is 0 Å². The van der Waals surface area contributed by atoms with E-state index in [1.54, 1.807) is 0 Å². The molecule has 1 unspecified atom stereocenters. The van der Waals surface area contributed by atoms with Crippen LogP contribution in [0.2, 0.25) is 0 Å². The average molecular weight is 233 g/mol. The molecule has 2 heteroatoms. The van der Waals surface area contributed by atoms with Crippen molar-refractivity contribution in [2.24, 2.45) is 0 Å². The van der Waals surface area contributed by atoms with Gasteiger partial charge in [0.05, 0.1) is 0 Å². The molecule has 1 atom stereocenters. The zero-order valence-corrected chi connectivity index (χ0v) is 10.7. The van der Waals surface area contributed by atoms with E-state index in [0.717, 1.165) is 18.7 Å². The minimum Gasteiger partial charge on any atom is -0.475 e. The number of piperidine rings is 1. The highest BCUT2D eigenvalue weighted by molar-refractivity contribution is 5.27. The molecule has 0 amide bonds. The molecule has 1 aliphatic rings. The van der Waals surface area contributed by atoms with Crippen LogP contribution in [0, 0.1) is 0 Å². The summed E-state index contributed by atoms with van der Waals surface area (Å²) in [6.07, 6.45) is 7.58. The Kier molecular flexibility index (Phi) is 4.87. The predicted octanol–water partition coefficient (Wildman–Crippen LogP) is 3.51. The fourth-order valence-electron chi connectivity index (χ4n) is 2.20. The van der Waals surface area contributed by atoms with Gasteiger partial charge in [0.1, 0.15) is 12.0 Å². The molecule has 0 bridgehead atoms. The van der Waals surface area contributed by atoms with Crippen molar-refractivity contribution in [2.45, 2.75) is 51.7 Å². The number of hydrogen-bond acceptors (Lipinski definition) is 2. The Hall–Kier alpha value is -1.02. The van der Waals surface area contributed by atoms with Crippen LogP contribution in [0.4, 0.5) is 0 Å². The zero-order valence-electron chi connectivity index (χ0n) is 10.7. The normalized spacial score (nSPS) is 20.2. The number of nitrogens with one attached hydrogen (secondary N) is 1. The lowest BCUT2D eigenvalue weighted by molar-refractivity contribution is 0.132. The van der Waals surface area contributed by atoms with Crippen molar-refractivity contribution in [2.75, 3.05) is 6.54 Å². The molecule has 1 N–H and O–H groups in total. The van der Waals surface area contributed by atoms with Gasteiger partial charge in [-0.15, -0.1) is 0 Å². The second-order valence-corrected chi connectivity index (χ2v) is 4.80. The summed E-state index contributed by atoms with van der Waals surface area (Å²) in [5.74, 6) is 0.990. The number of unbranched alkanes of at least 4 members (excludes halogenated alkanes) is 1. The van der Waals surface area contributed by atoms with Gasteiger partial charge >= 0.3 is 0 Å². The number of benzene rings is 1. The molecule has 2 rings (SSSR count). The van der Waals surface area contributed by atoms with E-state index in [1.165, 1.54) is 37.7 Å². The maximum absolute atomic E-state index is 5.90. The summed E-state index contributed by atoms with van der Waals surface area (Å²) in [5, 5.41) is 3.39. The molecule has 0 aliphatic carbocycles. The lowest BCUT2D eigenvalue weighted by Crippen LogP contribution is -2.38. The second kappa shape index (κ2) is 6.65. The SMILES string of the molecule is CCCCc1ccc(OC2CCCCN2)cc1. The summed E-state index contributed by atoms with van der Waals surface area (Å²) in [7, 11) is 0. The fourth-order valence-corrected chi connectivity index (χ4v) is 2.20. The standard InChI is InChI=1S/C15H23NO/c1-2-3-6-13-8-10-14(11-9-13)17-15-7-4-5-12-16-15/h8-11,15-16H,2-7,12H2,1H3. The Morgan fingerprint density at radius 1 is 1.24 bits per heavy atom. The molecule has 0 saturated carbocycles. The van der Waals surface area contributed by atoms with Crippen LogP contribution >= 0.6 is 0 Å². The molecule has 1 aromatic rings. The molecule has 1 aromatic carbocycles. The van der Waals surface area contributed by atoms with Gasteiger partial charge in [-0.25, -0.2) is 0 Å². The lowest BCUT2D eigenvalue weighted by atomic mass is 10.1. The highest BCUT2D eigenvalue weighted by Gasteiger charge is 2.13. The fraction of sp³-hybridized carbons (Fsp3) is 0.600. The summed E-state index contributed by atoms with van der Waals surface area (Å²) in [5.41, 5.74) is 1.41. The Labute approximate surface area is 104 Å². The number of ether oxygens (including phenoxy) is 1. The van der Waals surface area contributed by atoms with Crippen LogP contribution in [0.1, 0.15) is 44.6 Å². The summed E-state index contributed by atoms with van der Waals surface area (Å²) >= 11 is 0. The van der Waals surface area contributed by atoms with E-state index in [0.29, 0.717) is 0 Å². The van der Waals surface area contributed by atoms with Crippen molar-refractivity contribution < 1.29 is 4.74 Å². The third kappa shape index (κ3) is 4.04. The molecule has 1 heterocycles. The third-order valence-corrected chi connectivity index (χ3v) is 3.29. The summed E-state index contributed by atoms with van der Waals surface area (Å²) in [6.45, 7) is 3.31. The first-order valence-electron chi connectivity index (χ1n) is 6.87. The van der Waals surface area contributed by atoms with Crippen LogP contribution in [0.5, 0.6) is 5.75 Å². The van der Waals surface area contributed by atoms with Gasteiger partial charge in [-0.3, -0.25) is 5.32 Å². The average Bonchev–Trinajstić information content (AvgIpc) is 2.39. The summed E-state index contributed by atoms with van der Waals surface area (Å²) in [6, 6.07) is 8.57. The Balaban J connectivity index is 1.84. The first-order valence-corrected chi connectivity index (χ1v) is 6.87. The summed E-state index contributed by atoms with van der Waals surface area (Å²) in [4.78, 5) is 0. The molecular formula is C15H23NO. The van der Waals surface area contributed by atoms with E-state index in [9.17, 15) is 0 Å². The third-order valence-electron chi connectivity index (χ3n) is 3.29. The van der Waals surface area contributed by atoms with Gasteiger partial charge in [0.2, 0.25) is 0 Å². The number of aryl methyl sites for hydroxylation is 1. The van der Waals surface area contributed by atoms with E-state index >= 15 is 0 Å². The summed E-state index contributed by atoms with van der Waals surface area (Å²) < 4.78 is 5.90. The van der Waals surface area contributed by atoms with Crippen LogP contribution in [-0.4, -0.2) is 12.8 Å². The molecular weight excluding hydrogens is 210 g/mol. The van der Waals surface area contributed by atoms with Gasteiger partial charge in [-0.05, 0) is 56.3 Å². The van der Waals surface area contributed by atoms with Gasteiger partial charge in [0, 0.05) is 0 Å². The predicted molar refractivity (Wildman–Crippen MR) is 71.3 cm³/mol. The Bertz CT molecular complexity index is 314. The lowest BCUT2D eigenvalue weighted by Gasteiger charge is -2.24. The van der Waals surface area contributed by atoms with Crippen molar-refractivity contribution in [1.29, 1.82) is 0 Å².